The lowest BCUT2D eigenvalue weighted by atomic mass is 10.2. The summed E-state index contributed by atoms with van der Waals surface area (Å²) in [6.45, 7) is 0.856. The number of methoxy groups -OCH3 is 1. The van der Waals surface area contributed by atoms with Crippen molar-refractivity contribution in [2.24, 2.45) is 0 Å². The minimum Gasteiger partial charge on any atom is -0.497 e. The summed E-state index contributed by atoms with van der Waals surface area (Å²) >= 11 is 5.50. The molecule has 1 aromatic rings. The Hall–Kier alpha value is -1.75. The van der Waals surface area contributed by atoms with Gasteiger partial charge in [0.1, 0.15) is 5.75 Å². The summed E-state index contributed by atoms with van der Waals surface area (Å²) in [6, 6.07) is 6.85. The zero-order chi connectivity index (χ0) is 14.8. The molecule has 0 aliphatic heterocycles. The van der Waals surface area contributed by atoms with Crippen molar-refractivity contribution >= 4 is 23.4 Å². The lowest BCUT2D eigenvalue weighted by molar-refractivity contribution is -0.120. The van der Waals surface area contributed by atoms with Crippen molar-refractivity contribution in [3.05, 3.63) is 29.8 Å². The van der Waals surface area contributed by atoms with Gasteiger partial charge in [-0.05, 0) is 24.6 Å². The molecule has 20 heavy (non-hydrogen) atoms. The molecule has 5 nitrogen and oxygen atoms in total. The smallest absolute Gasteiger partial charge is 0.251 e. The average Bonchev–Trinajstić information content (AvgIpc) is 2.47. The molecule has 0 saturated heterocycles. The van der Waals surface area contributed by atoms with Gasteiger partial charge >= 0.3 is 0 Å². The Morgan fingerprint density at radius 2 is 2.05 bits per heavy atom. The van der Waals surface area contributed by atoms with Crippen LogP contribution in [0.2, 0.25) is 0 Å². The van der Waals surface area contributed by atoms with Crippen LogP contribution in [0.15, 0.2) is 24.3 Å². The number of hydrogen-bond donors (Lipinski definition) is 2. The van der Waals surface area contributed by atoms with Gasteiger partial charge in [-0.15, -0.1) is 11.6 Å². The van der Waals surface area contributed by atoms with Crippen LogP contribution < -0.4 is 15.4 Å². The summed E-state index contributed by atoms with van der Waals surface area (Å²) < 4.78 is 5.05. The molecule has 0 aliphatic rings. The van der Waals surface area contributed by atoms with Gasteiger partial charge in [-0.2, -0.15) is 0 Å². The number of rotatable bonds is 8. The van der Waals surface area contributed by atoms with Gasteiger partial charge in [-0.3, -0.25) is 9.59 Å². The fourth-order valence-corrected chi connectivity index (χ4v) is 1.67. The van der Waals surface area contributed by atoms with Crippen LogP contribution in [0.4, 0.5) is 0 Å². The Bertz CT molecular complexity index is 452. The molecule has 0 saturated carbocycles. The quantitative estimate of drug-likeness (QED) is 0.565. The second kappa shape index (κ2) is 9.20. The molecule has 0 bridgehead atoms. The molecule has 0 radical (unpaired) electrons. The number of ether oxygens (including phenoxy) is 1. The highest BCUT2D eigenvalue weighted by Crippen LogP contribution is 2.12. The molecule has 110 valence electrons. The van der Waals surface area contributed by atoms with E-state index in [0.717, 1.165) is 6.42 Å². The first-order valence-electron chi connectivity index (χ1n) is 6.42. The van der Waals surface area contributed by atoms with Gasteiger partial charge in [0.2, 0.25) is 5.91 Å². The van der Waals surface area contributed by atoms with Crippen LogP contribution in [-0.4, -0.2) is 37.9 Å². The van der Waals surface area contributed by atoms with Crippen molar-refractivity contribution in [2.75, 3.05) is 26.1 Å². The Morgan fingerprint density at radius 1 is 1.25 bits per heavy atom. The highest BCUT2D eigenvalue weighted by atomic mass is 35.5. The predicted octanol–water partition coefficient (Wildman–Crippen LogP) is 1.56. The van der Waals surface area contributed by atoms with Crippen molar-refractivity contribution in [1.29, 1.82) is 0 Å². The van der Waals surface area contributed by atoms with Crippen molar-refractivity contribution in [3.63, 3.8) is 0 Å². The van der Waals surface area contributed by atoms with E-state index in [2.05, 4.69) is 10.6 Å². The maximum atomic E-state index is 11.8. The van der Waals surface area contributed by atoms with E-state index in [9.17, 15) is 9.59 Å². The van der Waals surface area contributed by atoms with E-state index in [0.29, 0.717) is 30.3 Å². The molecule has 0 heterocycles. The molecule has 2 N–H and O–H groups in total. The topological polar surface area (TPSA) is 67.4 Å². The van der Waals surface area contributed by atoms with E-state index in [1.807, 2.05) is 0 Å². The van der Waals surface area contributed by atoms with E-state index in [-0.39, 0.29) is 18.2 Å². The van der Waals surface area contributed by atoms with Crippen molar-refractivity contribution in [2.45, 2.75) is 12.8 Å². The van der Waals surface area contributed by atoms with E-state index >= 15 is 0 Å². The van der Waals surface area contributed by atoms with Crippen LogP contribution in [-0.2, 0) is 4.79 Å². The second-order valence-corrected chi connectivity index (χ2v) is 4.51. The summed E-state index contributed by atoms with van der Waals surface area (Å²) in [5.74, 6) is 0.822. The normalized spacial score (nSPS) is 9.90. The maximum absolute atomic E-state index is 11.8. The molecule has 2 amide bonds. The summed E-state index contributed by atoms with van der Waals surface area (Å²) in [7, 11) is 1.54. The number of alkyl halides is 1. The molecule has 1 aromatic carbocycles. The summed E-state index contributed by atoms with van der Waals surface area (Å²) in [5.41, 5.74) is 0.506. The monoisotopic (exact) mass is 298 g/mol. The zero-order valence-electron chi connectivity index (χ0n) is 11.4. The number of carbonyl (C=O) groups excluding carboxylic acids is 2. The molecule has 0 fully saturated rings. The van der Waals surface area contributed by atoms with Crippen LogP contribution in [0.5, 0.6) is 5.75 Å². The Labute approximate surface area is 123 Å². The summed E-state index contributed by atoms with van der Waals surface area (Å²) in [4.78, 5) is 23.2. The minimum absolute atomic E-state index is 0.0962. The summed E-state index contributed by atoms with van der Waals surface area (Å²) in [6.07, 6.45) is 0.988. The van der Waals surface area contributed by atoms with Gasteiger partial charge in [0.25, 0.3) is 5.91 Å². The molecule has 0 unspecified atom stereocenters. The van der Waals surface area contributed by atoms with Crippen LogP contribution in [0, 0.1) is 0 Å². The largest absolute Gasteiger partial charge is 0.497 e. The van der Waals surface area contributed by atoms with Crippen molar-refractivity contribution in [1.82, 2.24) is 10.6 Å². The van der Waals surface area contributed by atoms with E-state index in [4.69, 9.17) is 16.3 Å². The zero-order valence-corrected chi connectivity index (χ0v) is 12.2. The molecule has 0 spiro atoms. The Balaban J connectivity index is 2.30. The minimum atomic E-state index is -0.225. The number of halogens is 1. The van der Waals surface area contributed by atoms with Gasteiger partial charge < -0.3 is 15.4 Å². The fraction of sp³-hybridized carbons (Fsp3) is 0.429. The van der Waals surface area contributed by atoms with Gasteiger partial charge in [0.15, 0.2) is 0 Å². The summed E-state index contributed by atoms with van der Waals surface area (Å²) in [5, 5.41) is 5.41. The van der Waals surface area contributed by atoms with Gasteiger partial charge in [-0.1, -0.05) is 6.07 Å². The lowest BCUT2D eigenvalue weighted by Crippen LogP contribution is -2.31. The second-order valence-electron chi connectivity index (χ2n) is 4.13. The van der Waals surface area contributed by atoms with Crippen LogP contribution in [0.25, 0.3) is 0 Å². The predicted molar refractivity (Wildman–Crippen MR) is 78.3 cm³/mol. The number of amides is 2. The van der Waals surface area contributed by atoms with Gasteiger partial charge in [-0.25, -0.2) is 0 Å². The molecular formula is C14H19ClN2O3. The van der Waals surface area contributed by atoms with E-state index in [1.54, 1.807) is 31.4 Å². The Kier molecular flexibility index (Phi) is 7.50. The first-order valence-corrected chi connectivity index (χ1v) is 6.95. The van der Waals surface area contributed by atoms with E-state index < -0.39 is 0 Å². The number of benzene rings is 1. The Morgan fingerprint density at radius 3 is 2.75 bits per heavy atom. The maximum Gasteiger partial charge on any atom is 0.251 e. The van der Waals surface area contributed by atoms with Gasteiger partial charge in [0, 0.05) is 31.0 Å². The third-order valence-corrected chi connectivity index (χ3v) is 2.87. The SMILES string of the molecule is COc1cccc(C(=O)NCCC(=O)NCCCCl)c1. The lowest BCUT2D eigenvalue weighted by Gasteiger charge is -2.07. The van der Waals surface area contributed by atoms with Crippen LogP contribution in [0.1, 0.15) is 23.2 Å². The first kappa shape index (κ1) is 16.3. The molecule has 6 heteroatoms. The molecule has 0 aromatic heterocycles. The first-order chi connectivity index (χ1) is 9.67. The van der Waals surface area contributed by atoms with Crippen molar-refractivity contribution < 1.29 is 14.3 Å². The standard InChI is InChI=1S/C14H19ClN2O3/c1-20-12-5-2-4-11(10-12)14(19)17-9-6-13(18)16-8-3-7-15/h2,4-5,10H,3,6-9H2,1H3,(H,16,18)(H,17,19). The molecule has 0 atom stereocenters. The molecular weight excluding hydrogens is 280 g/mol. The molecule has 1 rings (SSSR count). The third kappa shape index (κ3) is 5.93. The number of hydrogen-bond acceptors (Lipinski definition) is 3. The highest BCUT2D eigenvalue weighted by molar-refractivity contribution is 6.17. The molecule has 0 aliphatic carbocycles. The van der Waals surface area contributed by atoms with Gasteiger partial charge in [0.05, 0.1) is 7.11 Å². The fourth-order valence-electron chi connectivity index (χ4n) is 1.54. The number of carbonyl (C=O) groups is 2. The number of nitrogens with one attached hydrogen (secondary N) is 2. The highest BCUT2D eigenvalue weighted by Gasteiger charge is 2.07. The third-order valence-electron chi connectivity index (χ3n) is 2.60. The van der Waals surface area contributed by atoms with E-state index in [1.165, 1.54) is 0 Å². The van der Waals surface area contributed by atoms with Crippen LogP contribution >= 0.6 is 11.6 Å². The average molecular weight is 299 g/mol. The van der Waals surface area contributed by atoms with Crippen LogP contribution in [0.3, 0.4) is 0 Å². The van der Waals surface area contributed by atoms with Crippen molar-refractivity contribution in [3.8, 4) is 5.75 Å².